The van der Waals surface area contributed by atoms with Gasteiger partial charge < -0.3 is 15.6 Å². The summed E-state index contributed by atoms with van der Waals surface area (Å²) in [6.07, 6.45) is 0. The van der Waals surface area contributed by atoms with Crippen LogP contribution in [0, 0.1) is 0 Å². The van der Waals surface area contributed by atoms with Gasteiger partial charge in [-0.2, -0.15) is 0 Å². The number of hydrogen-bond acceptors (Lipinski definition) is 3. The Morgan fingerprint density at radius 3 is 2.68 bits per heavy atom. The lowest BCUT2D eigenvalue weighted by atomic mass is 10.1. The molecule has 0 aliphatic heterocycles. The van der Waals surface area contributed by atoms with E-state index in [0.29, 0.717) is 17.4 Å². The number of aliphatic hydroxyl groups excluding tert-OH is 1. The van der Waals surface area contributed by atoms with Gasteiger partial charge in [-0.1, -0.05) is 41.9 Å². The molecule has 0 aliphatic carbocycles. The van der Waals surface area contributed by atoms with Crippen LogP contribution in [0.15, 0.2) is 48.5 Å². The highest BCUT2D eigenvalue weighted by Gasteiger charge is 2.10. The van der Waals surface area contributed by atoms with Crippen LogP contribution in [0.5, 0.6) is 5.75 Å². The zero-order valence-electron chi connectivity index (χ0n) is 10.4. The van der Waals surface area contributed by atoms with Crippen molar-refractivity contribution in [2.24, 2.45) is 5.73 Å². The Kier molecular flexibility index (Phi) is 4.80. The van der Waals surface area contributed by atoms with Crippen LogP contribution in [-0.4, -0.2) is 11.7 Å². The van der Waals surface area contributed by atoms with Crippen molar-refractivity contribution in [1.82, 2.24) is 0 Å². The molecule has 0 amide bonds. The highest BCUT2D eigenvalue weighted by Crippen LogP contribution is 2.24. The third kappa shape index (κ3) is 3.70. The van der Waals surface area contributed by atoms with E-state index in [2.05, 4.69) is 0 Å². The van der Waals surface area contributed by atoms with Gasteiger partial charge in [0.1, 0.15) is 12.4 Å². The Morgan fingerprint density at radius 1 is 1.16 bits per heavy atom. The Morgan fingerprint density at radius 2 is 1.95 bits per heavy atom. The molecule has 100 valence electrons. The maximum absolute atomic E-state index is 9.14. The molecular formula is C15H16ClNO2. The molecule has 1 atom stereocenters. The molecule has 2 aromatic rings. The number of ether oxygens (including phenoxy) is 1. The number of rotatable bonds is 5. The largest absolute Gasteiger partial charge is 0.489 e. The molecule has 4 heteroatoms. The summed E-state index contributed by atoms with van der Waals surface area (Å²) in [5.41, 5.74) is 7.62. The zero-order valence-corrected chi connectivity index (χ0v) is 11.2. The molecule has 0 spiro atoms. The highest BCUT2D eigenvalue weighted by molar-refractivity contribution is 6.30. The van der Waals surface area contributed by atoms with E-state index in [1.54, 1.807) is 0 Å². The van der Waals surface area contributed by atoms with E-state index in [-0.39, 0.29) is 6.61 Å². The maximum atomic E-state index is 9.14. The maximum Gasteiger partial charge on any atom is 0.124 e. The van der Waals surface area contributed by atoms with Crippen molar-refractivity contribution < 1.29 is 9.84 Å². The molecule has 19 heavy (non-hydrogen) atoms. The molecule has 0 aromatic heterocycles. The van der Waals surface area contributed by atoms with Crippen LogP contribution in [0.2, 0.25) is 5.02 Å². The summed E-state index contributed by atoms with van der Waals surface area (Å²) < 4.78 is 5.75. The molecule has 0 aliphatic rings. The van der Waals surface area contributed by atoms with E-state index in [0.717, 1.165) is 11.1 Å². The lowest BCUT2D eigenvalue weighted by molar-refractivity contribution is 0.257. The first-order chi connectivity index (χ1) is 9.20. The minimum Gasteiger partial charge on any atom is -0.489 e. The Bertz CT molecular complexity index is 545. The van der Waals surface area contributed by atoms with E-state index >= 15 is 0 Å². The third-order valence-corrected chi connectivity index (χ3v) is 3.03. The van der Waals surface area contributed by atoms with Gasteiger partial charge in [0, 0.05) is 10.6 Å². The van der Waals surface area contributed by atoms with Crippen molar-refractivity contribution >= 4 is 11.6 Å². The summed E-state index contributed by atoms with van der Waals surface area (Å²) >= 11 is 5.92. The monoisotopic (exact) mass is 277 g/mol. The summed E-state index contributed by atoms with van der Waals surface area (Å²) in [5.74, 6) is 0.684. The summed E-state index contributed by atoms with van der Waals surface area (Å²) in [6, 6.07) is 14.5. The summed E-state index contributed by atoms with van der Waals surface area (Å²) in [4.78, 5) is 0. The minimum atomic E-state index is -0.435. The van der Waals surface area contributed by atoms with E-state index in [1.165, 1.54) is 0 Å². The second kappa shape index (κ2) is 6.57. The molecule has 0 fully saturated rings. The molecule has 0 saturated carbocycles. The Hall–Kier alpha value is -1.55. The molecule has 0 heterocycles. The molecule has 2 rings (SSSR count). The van der Waals surface area contributed by atoms with E-state index in [9.17, 15) is 0 Å². The van der Waals surface area contributed by atoms with Crippen LogP contribution in [0.25, 0.3) is 0 Å². The fourth-order valence-electron chi connectivity index (χ4n) is 1.80. The summed E-state index contributed by atoms with van der Waals surface area (Å²) in [5, 5.41) is 9.82. The lowest BCUT2D eigenvalue weighted by Gasteiger charge is -2.15. The smallest absolute Gasteiger partial charge is 0.124 e. The van der Waals surface area contributed by atoms with Crippen LogP contribution >= 0.6 is 11.6 Å². The van der Waals surface area contributed by atoms with Crippen LogP contribution < -0.4 is 10.5 Å². The number of para-hydroxylation sites is 1. The van der Waals surface area contributed by atoms with E-state index in [4.69, 9.17) is 27.2 Å². The molecule has 0 saturated heterocycles. The van der Waals surface area contributed by atoms with Gasteiger partial charge in [0.25, 0.3) is 0 Å². The van der Waals surface area contributed by atoms with Gasteiger partial charge in [-0.05, 0) is 23.8 Å². The average Bonchev–Trinajstić information content (AvgIpc) is 2.45. The predicted molar refractivity (Wildman–Crippen MR) is 76.2 cm³/mol. The number of nitrogens with two attached hydrogens (primary N) is 1. The Labute approximate surface area is 117 Å². The van der Waals surface area contributed by atoms with E-state index < -0.39 is 6.04 Å². The topological polar surface area (TPSA) is 55.5 Å². The molecule has 0 radical (unpaired) electrons. The van der Waals surface area contributed by atoms with Crippen LogP contribution in [-0.2, 0) is 6.61 Å². The lowest BCUT2D eigenvalue weighted by Crippen LogP contribution is -2.15. The molecule has 3 N–H and O–H groups in total. The SMILES string of the molecule is N[C@@H](CO)c1ccccc1OCc1cccc(Cl)c1. The van der Waals surface area contributed by atoms with Crippen LogP contribution in [0.4, 0.5) is 0 Å². The first kappa shape index (κ1) is 13.9. The van der Waals surface area contributed by atoms with Crippen molar-refractivity contribution in [1.29, 1.82) is 0 Å². The molecule has 0 bridgehead atoms. The zero-order chi connectivity index (χ0) is 13.7. The number of aliphatic hydroxyl groups is 1. The number of halogens is 1. The van der Waals surface area contributed by atoms with Gasteiger partial charge in [-0.25, -0.2) is 0 Å². The van der Waals surface area contributed by atoms with Crippen molar-refractivity contribution in [2.75, 3.05) is 6.61 Å². The number of hydrogen-bond donors (Lipinski definition) is 2. The fourth-order valence-corrected chi connectivity index (χ4v) is 2.02. The number of benzene rings is 2. The standard InChI is InChI=1S/C15H16ClNO2/c16-12-5-3-4-11(8-12)10-19-15-7-2-1-6-13(15)14(17)9-18/h1-8,14,18H,9-10,17H2/t14-/m0/s1. The first-order valence-corrected chi connectivity index (χ1v) is 6.41. The second-order valence-corrected chi connectivity index (χ2v) is 4.68. The van der Waals surface area contributed by atoms with Crippen molar-refractivity contribution in [3.05, 3.63) is 64.7 Å². The van der Waals surface area contributed by atoms with Gasteiger partial charge in [-0.15, -0.1) is 0 Å². The summed E-state index contributed by atoms with van der Waals surface area (Å²) in [6.45, 7) is 0.299. The third-order valence-electron chi connectivity index (χ3n) is 2.80. The van der Waals surface area contributed by atoms with Gasteiger partial charge >= 0.3 is 0 Å². The second-order valence-electron chi connectivity index (χ2n) is 4.25. The van der Waals surface area contributed by atoms with Crippen molar-refractivity contribution in [3.8, 4) is 5.75 Å². The Balaban J connectivity index is 2.11. The normalized spacial score (nSPS) is 12.2. The first-order valence-electron chi connectivity index (χ1n) is 6.03. The summed E-state index contributed by atoms with van der Waals surface area (Å²) in [7, 11) is 0. The van der Waals surface area contributed by atoms with E-state index in [1.807, 2.05) is 48.5 Å². The van der Waals surface area contributed by atoms with Crippen molar-refractivity contribution in [2.45, 2.75) is 12.6 Å². The van der Waals surface area contributed by atoms with Gasteiger partial charge in [0.2, 0.25) is 0 Å². The highest BCUT2D eigenvalue weighted by atomic mass is 35.5. The van der Waals surface area contributed by atoms with Crippen LogP contribution in [0.1, 0.15) is 17.2 Å². The van der Waals surface area contributed by atoms with Gasteiger partial charge in [0.15, 0.2) is 0 Å². The van der Waals surface area contributed by atoms with Gasteiger partial charge in [-0.3, -0.25) is 0 Å². The minimum absolute atomic E-state index is 0.114. The molecule has 3 nitrogen and oxygen atoms in total. The molecular weight excluding hydrogens is 262 g/mol. The average molecular weight is 278 g/mol. The molecule has 2 aromatic carbocycles. The predicted octanol–water partition coefficient (Wildman–Crippen LogP) is 2.91. The van der Waals surface area contributed by atoms with Crippen LogP contribution in [0.3, 0.4) is 0 Å². The quantitative estimate of drug-likeness (QED) is 0.883. The van der Waals surface area contributed by atoms with Crippen molar-refractivity contribution in [3.63, 3.8) is 0 Å². The van der Waals surface area contributed by atoms with Gasteiger partial charge in [0.05, 0.1) is 12.6 Å². The fraction of sp³-hybridized carbons (Fsp3) is 0.200. The molecule has 0 unspecified atom stereocenters.